The monoisotopic (exact) mass is 462 g/mol. The summed E-state index contributed by atoms with van der Waals surface area (Å²) < 4.78 is 28.3. The van der Waals surface area contributed by atoms with E-state index in [1.165, 1.54) is 15.4 Å². The fourth-order valence-corrected chi connectivity index (χ4v) is 5.85. The summed E-state index contributed by atoms with van der Waals surface area (Å²) in [5, 5.41) is 0. The zero-order valence-electron chi connectivity index (χ0n) is 15.6. The summed E-state index contributed by atoms with van der Waals surface area (Å²) in [6.45, 7) is 2.04. The zero-order chi connectivity index (χ0) is 19.7. The van der Waals surface area contributed by atoms with Gasteiger partial charge in [0.05, 0.1) is 10.8 Å². The van der Waals surface area contributed by atoms with Gasteiger partial charge in [-0.2, -0.15) is 4.31 Å². The number of carbonyl (C=O) groups excluding carboxylic acids is 1. The average molecular weight is 463 g/mol. The number of fused-ring (bicyclic) bond motifs is 1. The van der Waals surface area contributed by atoms with E-state index in [1.54, 1.807) is 24.3 Å². The van der Waals surface area contributed by atoms with Gasteiger partial charge in [-0.3, -0.25) is 4.79 Å². The Labute approximate surface area is 174 Å². The lowest BCUT2D eigenvalue weighted by Crippen LogP contribution is -2.47. The molecule has 1 saturated heterocycles. The molecule has 0 saturated carbocycles. The molecule has 0 aromatic heterocycles. The number of sulfonamides is 1. The predicted molar refractivity (Wildman–Crippen MR) is 111 cm³/mol. The molecule has 2 aromatic rings. The Morgan fingerprint density at radius 3 is 2.46 bits per heavy atom. The second kappa shape index (κ2) is 7.97. The normalized spacial score (nSPS) is 20.6. The van der Waals surface area contributed by atoms with Crippen LogP contribution in [-0.2, 0) is 27.8 Å². The molecule has 4 rings (SSSR count). The number of hydrogen-bond donors (Lipinski definition) is 0. The maximum atomic E-state index is 13.1. The van der Waals surface area contributed by atoms with Gasteiger partial charge in [0.2, 0.25) is 15.9 Å². The van der Waals surface area contributed by atoms with E-state index in [4.69, 9.17) is 0 Å². The van der Waals surface area contributed by atoms with Crippen LogP contribution in [0.3, 0.4) is 0 Å². The SMILES string of the molecule is O=C(C1CCCN(S(=O)(=O)c2ccc(Br)cc2)C1)N1CCc2ccccc2C1. The first-order valence-electron chi connectivity index (χ1n) is 9.56. The summed E-state index contributed by atoms with van der Waals surface area (Å²) >= 11 is 3.33. The number of rotatable bonds is 3. The Kier molecular flexibility index (Phi) is 5.58. The minimum atomic E-state index is -3.58. The van der Waals surface area contributed by atoms with Crippen molar-refractivity contribution >= 4 is 31.9 Å². The highest BCUT2D eigenvalue weighted by molar-refractivity contribution is 9.10. The molecule has 7 heteroatoms. The van der Waals surface area contributed by atoms with E-state index in [0.29, 0.717) is 26.1 Å². The highest BCUT2D eigenvalue weighted by Crippen LogP contribution is 2.27. The number of amides is 1. The van der Waals surface area contributed by atoms with Gasteiger partial charge in [-0.25, -0.2) is 8.42 Å². The van der Waals surface area contributed by atoms with E-state index in [0.717, 1.165) is 17.3 Å². The highest BCUT2D eigenvalue weighted by atomic mass is 79.9. The molecular formula is C21H23BrN2O3S. The van der Waals surface area contributed by atoms with E-state index in [1.807, 2.05) is 17.0 Å². The highest BCUT2D eigenvalue weighted by Gasteiger charge is 2.35. The molecule has 0 N–H and O–H groups in total. The maximum absolute atomic E-state index is 13.1. The number of piperidine rings is 1. The third-order valence-electron chi connectivity index (χ3n) is 5.63. The van der Waals surface area contributed by atoms with Crippen molar-refractivity contribution in [3.05, 3.63) is 64.1 Å². The van der Waals surface area contributed by atoms with Crippen molar-refractivity contribution in [2.45, 2.75) is 30.7 Å². The molecule has 2 heterocycles. The summed E-state index contributed by atoms with van der Waals surface area (Å²) in [5.74, 6) is -0.200. The molecule has 1 fully saturated rings. The van der Waals surface area contributed by atoms with Gasteiger partial charge >= 0.3 is 0 Å². The first-order chi connectivity index (χ1) is 13.4. The molecule has 1 unspecified atom stereocenters. The van der Waals surface area contributed by atoms with Crippen molar-refractivity contribution in [3.8, 4) is 0 Å². The molecule has 148 valence electrons. The van der Waals surface area contributed by atoms with Crippen molar-refractivity contribution in [3.63, 3.8) is 0 Å². The van der Waals surface area contributed by atoms with Crippen LogP contribution in [0.2, 0.25) is 0 Å². The largest absolute Gasteiger partial charge is 0.338 e. The van der Waals surface area contributed by atoms with Gasteiger partial charge in [-0.05, 0) is 54.7 Å². The average Bonchev–Trinajstić information content (AvgIpc) is 2.73. The number of carbonyl (C=O) groups is 1. The Morgan fingerprint density at radius 2 is 1.71 bits per heavy atom. The molecular weight excluding hydrogens is 440 g/mol. The van der Waals surface area contributed by atoms with E-state index in [9.17, 15) is 13.2 Å². The van der Waals surface area contributed by atoms with Crippen LogP contribution >= 0.6 is 15.9 Å². The molecule has 2 aliphatic heterocycles. The second-order valence-electron chi connectivity index (χ2n) is 7.43. The quantitative estimate of drug-likeness (QED) is 0.701. The van der Waals surface area contributed by atoms with Crippen LogP contribution in [0.4, 0.5) is 0 Å². The fourth-order valence-electron chi connectivity index (χ4n) is 4.06. The Balaban J connectivity index is 1.48. The number of benzene rings is 2. The molecule has 0 aliphatic carbocycles. The molecule has 5 nitrogen and oxygen atoms in total. The summed E-state index contributed by atoms with van der Waals surface area (Å²) in [6.07, 6.45) is 2.30. The first kappa shape index (κ1) is 19.6. The lowest BCUT2D eigenvalue weighted by Gasteiger charge is -2.36. The van der Waals surface area contributed by atoms with Crippen LogP contribution in [0.5, 0.6) is 0 Å². The van der Waals surface area contributed by atoms with Crippen LogP contribution in [0.15, 0.2) is 57.9 Å². The van der Waals surface area contributed by atoms with Gasteiger partial charge in [0.15, 0.2) is 0 Å². The lowest BCUT2D eigenvalue weighted by atomic mass is 9.95. The van der Waals surface area contributed by atoms with Crippen LogP contribution in [0.25, 0.3) is 0 Å². The third kappa shape index (κ3) is 3.88. The van der Waals surface area contributed by atoms with Crippen LogP contribution in [0.1, 0.15) is 24.0 Å². The van der Waals surface area contributed by atoms with Crippen LogP contribution in [-0.4, -0.2) is 43.2 Å². The van der Waals surface area contributed by atoms with E-state index < -0.39 is 10.0 Å². The molecule has 28 heavy (non-hydrogen) atoms. The van der Waals surface area contributed by atoms with Gasteiger partial charge in [0.25, 0.3) is 0 Å². The number of hydrogen-bond acceptors (Lipinski definition) is 3. The zero-order valence-corrected chi connectivity index (χ0v) is 18.0. The van der Waals surface area contributed by atoms with Crippen molar-refractivity contribution in [1.29, 1.82) is 0 Å². The predicted octanol–water partition coefficient (Wildman–Crippen LogP) is 3.43. The summed E-state index contributed by atoms with van der Waals surface area (Å²) in [7, 11) is -3.58. The van der Waals surface area contributed by atoms with E-state index in [2.05, 4.69) is 28.1 Å². The molecule has 1 amide bonds. The minimum absolute atomic E-state index is 0.0743. The molecule has 0 spiro atoms. The lowest BCUT2D eigenvalue weighted by molar-refractivity contribution is -0.137. The number of nitrogens with zero attached hydrogens (tertiary/aromatic N) is 2. The van der Waals surface area contributed by atoms with Crippen molar-refractivity contribution in [1.82, 2.24) is 9.21 Å². The molecule has 1 atom stereocenters. The van der Waals surface area contributed by atoms with Gasteiger partial charge in [0, 0.05) is 30.7 Å². The second-order valence-corrected chi connectivity index (χ2v) is 10.3. The minimum Gasteiger partial charge on any atom is -0.338 e. The Bertz CT molecular complexity index is 975. The van der Waals surface area contributed by atoms with Crippen LogP contribution < -0.4 is 0 Å². The van der Waals surface area contributed by atoms with Crippen molar-refractivity contribution in [2.24, 2.45) is 5.92 Å². The van der Waals surface area contributed by atoms with Gasteiger partial charge in [0.1, 0.15) is 0 Å². The van der Waals surface area contributed by atoms with Gasteiger partial charge in [-0.15, -0.1) is 0 Å². The Hall–Kier alpha value is -1.70. The Morgan fingerprint density at radius 1 is 1.00 bits per heavy atom. The van der Waals surface area contributed by atoms with E-state index in [-0.39, 0.29) is 23.3 Å². The maximum Gasteiger partial charge on any atom is 0.243 e. The fraction of sp³-hybridized carbons (Fsp3) is 0.381. The third-order valence-corrected chi connectivity index (χ3v) is 8.04. The summed E-state index contributed by atoms with van der Waals surface area (Å²) in [5.41, 5.74) is 2.49. The number of halogens is 1. The van der Waals surface area contributed by atoms with E-state index >= 15 is 0 Å². The molecule has 0 bridgehead atoms. The standard InChI is InChI=1S/C21H23BrN2O3S/c22-19-7-9-20(10-8-19)28(26,27)24-12-3-6-18(15-24)21(25)23-13-11-16-4-1-2-5-17(16)14-23/h1-2,4-5,7-10,18H,3,6,11-15H2. The smallest absolute Gasteiger partial charge is 0.243 e. The molecule has 2 aromatic carbocycles. The molecule has 2 aliphatic rings. The first-order valence-corrected chi connectivity index (χ1v) is 11.8. The van der Waals surface area contributed by atoms with Gasteiger partial charge in [-0.1, -0.05) is 40.2 Å². The van der Waals surface area contributed by atoms with Crippen molar-refractivity contribution in [2.75, 3.05) is 19.6 Å². The van der Waals surface area contributed by atoms with Gasteiger partial charge < -0.3 is 4.90 Å². The van der Waals surface area contributed by atoms with Crippen molar-refractivity contribution < 1.29 is 13.2 Å². The molecule has 0 radical (unpaired) electrons. The topological polar surface area (TPSA) is 57.7 Å². The van der Waals surface area contributed by atoms with Crippen LogP contribution in [0, 0.1) is 5.92 Å². The summed E-state index contributed by atoms with van der Waals surface area (Å²) in [4.78, 5) is 15.3. The summed E-state index contributed by atoms with van der Waals surface area (Å²) in [6, 6.07) is 14.9.